The summed E-state index contributed by atoms with van der Waals surface area (Å²) in [6, 6.07) is 15.2. The van der Waals surface area contributed by atoms with Crippen LogP contribution in [0, 0.1) is 20.8 Å². The van der Waals surface area contributed by atoms with Crippen molar-refractivity contribution in [2.75, 3.05) is 12.5 Å². The Morgan fingerprint density at radius 2 is 1.67 bits per heavy atom. The van der Waals surface area contributed by atoms with Crippen molar-refractivity contribution in [1.82, 2.24) is 9.97 Å². The highest BCUT2D eigenvalue weighted by Crippen LogP contribution is 2.27. The normalized spacial score (nSPS) is 11.7. The van der Waals surface area contributed by atoms with Gasteiger partial charge in [0.2, 0.25) is 5.95 Å². The lowest BCUT2D eigenvalue weighted by Gasteiger charge is -2.08. The Hall–Kier alpha value is -3.38. The number of aromatic nitrogens is 2. The van der Waals surface area contributed by atoms with Crippen molar-refractivity contribution in [3.05, 3.63) is 75.9 Å². The van der Waals surface area contributed by atoms with Crippen molar-refractivity contribution >= 4 is 28.5 Å². The number of rotatable bonds is 4. The molecule has 0 fully saturated rings. The smallest absolute Gasteiger partial charge is 0.243 e. The largest absolute Gasteiger partial charge is 0.497 e. The van der Waals surface area contributed by atoms with Crippen LogP contribution in [0.2, 0.25) is 5.02 Å². The van der Waals surface area contributed by atoms with Crippen LogP contribution >= 0.6 is 11.6 Å². The quantitative estimate of drug-likeness (QED) is 0.447. The number of methoxy groups -OCH3 is 1. The summed E-state index contributed by atoms with van der Waals surface area (Å²) in [5.74, 6) is 1.89. The van der Waals surface area contributed by atoms with E-state index in [2.05, 4.69) is 20.5 Å². The molecule has 4 rings (SSSR count). The average molecular weight is 421 g/mol. The summed E-state index contributed by atoms with van der Waals surface area (Å²) in [5.41, 5.74) is 7.22. The summed E-state index contributed by atoms with van der Waals surface area (Å²) >= 11 is 6.37. The SMILES string of the molecule is COc1ccc(-c2cc(=NNc3nc(C)cc(C)n3)c3cc(Cl)c(C)cc3o2)cc1. The van der Waals surface area contributed by atoms with Gasteiger partial charge in [-0.1, -0.05) is 11.6 Å². The monoisotopic (exact) mass is 420 g/mol. The van der Waals surface area contributed by atoms with Crippen LogP contribution in [0.5, 0.6) is 5.75 Å². The summed E-state index contributed by atoms with van der Waals surface area (Å²) in [7, 11) is 1.64. The van der Waals surface area contributed by atoms with Crippen LogP contribution < -0.4 is 15.5 Å². The number of hydrogen-bond acceptors (Lipinski definition) is 6. The van der Waals surface area contributed by atoms with Gasteiger partial charge >= 0.3 is 0 Å². The molecule has 1 N–H and O–H groups in total. The summed E-state index contributed by atoms with van der Waals surface area (Å²) in [4.78, 5) is 8.76. The van der Waals surface area contributed by atoms with Crippen LogP contribution in [0.15, 0.2) is 58.0 Å². The lowest BCUT2D eigenvalue weighted by Crippen LogP contribution is -2.09. The van der Waals surface area contributed by atoms with Gasteiger partial charge in [0.1, 0.15) is 17.1 Å². The molecule has 0 spiro atoms. The highest BCUT2D eigenvalue weighted by Gasteiger charge is 2.09. The third-order valence-electron chi connectivity index (χ3n) is 4.66. The minimum Gasteiger partial charge on any atom is -0.497 e. The summed E-state index contributed by atoms with van der Waals surface area (Å²) in [6.07, 6.45) is 0. The number of fused-ring (bicyclic) bond motifs is 1. The van der Waals surface area contributed by atoms with Gasteiger partial charge in [0.25, 0.3) is 0 Å². The molecule has 0 radical (unpaired) electrons. The van der Waals surface area contributed by atoms with Gasteiger partial charge in [-0.3, -0.25) is 0 Å². The minimum atomic E-state index is 0.436. The number of anilines is 1. The standard InChI is InChI=1S/C23H21ClN4O2/c1-13-9-22-18(11-19(13)24)20(27-28-23-25-14(2)10-15(3)26-23)12-21(30-22)16-5-7-17(29-4)8-6-16/h5-12H,1-4H3,(H,25,26,28). The van der Waals surface area contributed by atoms with Gasteiger partial charge in [-0.05, 0) is 68.8 Å². The maximum Gasteiger partial charge on any atom is 0.243 e. The molecule has 2 aromatic heterocycles. The van der Waals surface area contributed by atoms with E-state index < -0.39 is 0 Å². The highest BCUT2D eigenvalue weighted by molar-refractivity contribution is 6.32. The second-order valence-electron chi connectivity index (χ2n) is 7.02. The zero-order chi connectivity index (χ0) is 21.3. The first-order valence-corrected chi connectivity index (χ1v) is 9.81. The van der Waals surface area contributed by atoms with Crippen molar-refractivity contribution in [3.63, 3.8) is 0 Å². The van der Waals surface area contributed by atoms with E-state index in [4.69, 9.17) is 20.8 Å². The van der Waals surface area contributed by atoms with Gasteiger partial charge in [0.15, 0.2) is 0 Å². The summed E-state index contributed by atoms with van der Waals surface area (Å²) < 4.78 is 11.4. The van der Waals surface area contributed by atoms with E-state index in [-0.39, 0.29) is 0 Å². The van der Waals surface area contributed by atoms with Crippen LogP contribution in [0.4, 0.5) is 5.95 Å². The highest BCUT2D eigenvalue weighted by atomic mass is 35.5. The fourth-order valence-electron chi connectivity index (χ4n) is 3.17. The number of aryl methyl sites for hydroxylation is 3. The van der Waals surface area contributed by atoms with Crippen LogP contribution in [-0.2, 0) is 0 Å². The lowest BCUT2D eigenvalue weighted by atomic mass is 10.1. The molecule has 0 saturated heterocycles. The Balaban J connectivity index is 1.87. The topological polar surface area (TPSA) is 72.5 Å². The first-order chi connectivity index (χ1) is 14.4. The predicted octanol–water partition coefficient (Wildman–Crippen LogP) is 5.40. The van der Waals surface area contributed by atoms with Crippen LogP contribution in [0.3, 0.4) is 0 Å². The Kier molecular flexibility index (Phi) is 5.42. The number of nitrogens with zero attached hydrogens (tertiary/aromatic N) is 3. The van der Waals surface area contributed by atoms with E-state index in [1.54, 1.807) is 7.11 Å². The fraction of sp³-hybridized carbons (Fsp3) is 0.174. The zero-order valence-corrected chi connectivity index (χ0v) is 17.9. The molecular formula is C23H21ClN4O2. The maximum absolute atomic E-state index is 6.37. The summed E-state index contributed by atoms with van der Waals surface area (Å²) in [5, 5.41) is 6.67. The third kappa shape index (κ3) is 4.14. The number of ether oxygens (including phenoxy) is 1. The van der Waals surface area contributed by atoms with Gasteiger partial charge in [0, 0.05) is 33.4 Å². The number of hydrogen-bond donors (Lipinski definition) is 1. The number of nitrogens with one attached hydrogen (secondary N) is 1. The molecule has 4 aromatic rings. The fourth-order valence-corrected chi connectivity index (χ4v) is 3.33. The van der Waals surface area contributed by atoms with Gasteiger partial charge in [-0.25, -0.2) is 15.4 Å². The second-order valence-corrected chi connectivity index (χ2v) is 7.43. The molecule has 30 heavy (non-hydrogen) atoms. The van der Waals surface area contributed by atoms with Gasteiger partial charge in [-0.15, -0.1) is 0 Å². The first-order valence-electron chi connectivity index (χ1n) is 9.43. The van der Waals surface area contributed by atoms with Gasteiger partial charge in [-0.2, -0.15) is 5.10 Å². The molecule has 0 bridgehead atoms. The molecule has 152 valence electrons. The molecule has 0 unspecified atom stereocenters. The zero-order valence-electron chi connectivity index (χ0n) is 17.2. The van der Waals surface area contributed by atoms with E-state index in [1.165, 1.54) is 0 Å². The van der Waals surface area contributed by atoms with E-state index in [9.17, 15) is 0 Å². The Morgan fingerprint density at radius 3 is 2.33 bits per heavy atom. The minimum absolute atomic E-state index is 0.436. The van der Waals surface area contributed by atoms with E-state index in [0.717, 1.165) is 33.7 Å². The molecular weight excluding hydrogens is 400 g/mol. The lowest BCUT2D eigenvalue weighted by molar-refractivity contribution is 0.415. The number of benzene rings is 2. The molecule has 0 saturated carbocycles. The van der Waals surface area contributed by atoms with Crippen molar-refractivity contribution < 1.29 is 9.15 Å². The van der Waals surface area contributed by atoms with E-state index in [0.29, 0.717) is 27.7 Å². The van der Waals surface area contributed by atoms with Crippen molar-refractivity contribution in [2.24, 2.45) is 5.10 Å². The molecule has 0 aliphatic heterocycles. The van der Waals surface area contributed by atoms with E-state index in [1.807, 2.05) is 69.3 Å². The van der Waals surface area contributed by atoms with Gasteiger partial charge < -0.3 is 9.15 Å². The maximum atomic E-state index is 6.37. The van der Waals surface area contributed by atoms with Crippen molar-refractivity contribution in [3.8, 4) is 17.1 Å². The molecule has 2 heterocycles. The second kappa shape index (κ2) is 8.16. The molecule has 0 atom stereocenters. The molecule has 0 aliphatic rings. The van der Waals surface area contributed by atoms with E-state index >= 15 is 0 Å². The Bertz CT molecular complexity index is 1280. The van der Waals surface area contributed by atoms with Crippen LogP contribution in [0.25, 0.3) is 22.3 Å². The Morgan fingerprint density at radius 1 is 0.967 bits per heavy atom. The van der Waals surface area contributed by atoms with Crippen molar-refractivity contribution in [1.29, 1.82) is 0 Å². The third-order valence-corrected chi connectivity index (χ3v) is 5.06. The average Bonchev–Trinajstić information content (AvgIpc) is 2.72. The predicted molar refractivity (Wildman–Crippen MR) is 119 cm³/mol. The molecule has 0 aliphatic carbocycles. The molecule has 2 aromatic carbocycles. The molecule has 0 amide bonds. The van der Waals surface area contributed by atoms with Crippen LogP contribution in [0.1, 0.15) is 17.0 Å². The molecule has 7 heteroatoms. The first kappa shape index (κ1) is 19.9. The Labute approximate surface area is 179 Å². The van der Waals surface area contributed by atoms with Crippen molar-refractivity contribution in [2.45, 2.75) is 20.8 Å². The van der Waals surface area contributed by atoms with Gasteiger partial charge in [0.05, 0.1) is 12.5 Å². The molecule has 6 nitrogen and oxygen atoms in total. The number of halogens is 1. The summed E-state index contributed by atoms with van der Waals surface area (Å²) in [6.45, 7) is 5.78. The van der Waals surface area contributed by atoms with Crippen LogP contribution in [-0.4, -0.2) is 17.1 Å².